The summed E-state index contributed by atoms with van der Waals surface area (Å²) in [6.07, 6.45) is 5.23. The van der Waals surface area contributed by atoms with Crippen molar-refractivity contribution >= 4 is 0 Å². The molecule has 0 unspecified atom stereocenters. The van der Waals surface area contributed by atoms with Gasteiger partial charge in [-0.15, -0.1) is 0 Å². The average Bonchev–Trinajstić information content (AvgIpc) is 2.99. The van der Waals surface area contributed by atoms with Crippen molar-refractivity contribution in [2.24, 2.45) is 5.73 Å². The quantitative estimate of drug-likeness (QED) is 0.801. The first-order valence-corrected chi connectivity index (χ1v) is 5.78. The van der Waals surface area contributed by atoms with Crippen LogP contribution in [0.3, 0.4) is 0 Å². The van der Waals surface area contributed by atoms with Crippen molar-refractivity contribution in [1.82, 2.24) is 0 Å². The fourth-order valence-electron chi connectivity index (χ4n) is 1.98. The summed E-state index contributed by atoms with van der Waals surface area (Å²) in [6, 6.07) is 5.61. The minimum Gasteiger partial charge on any atom is -0.504 e. The normalized spacial score (nSPS) is 17.1. The van der Waals surface area contributed by atoms with Crippen LogP contribution in [-0.4, -0.2) is 17.8 Å². The van der Waals surface area contributed by atoms with Crippen LogP contribution < -0.4 is 10.5 Å². The maximum absolute atomic E-state index is 9.88. The summed E-state index contributed by atoms with van der Waals surface area (Å²) in [4.78, 5) is 0. The molecule has 0 saturated heterocycles. The van der Waals surface area contributed by atoms with E-state index in [0.29, 0.717) is 5.75 Å². The second-order valence-electron chi connectivity index (χ2n) is 4.68. The highest BCUT2D eigenvalue weighted by molar-refractivity contribution is 5.45. The van der Waals surface area contributed by atoms with E-state index in [1.54, 1.807) is 13.2 Å². The number of benzene rings is 1. The molecule has 0 spiro atoms. The summed E-state index contributed by atoms with van der Waals surface area (Å²) in [5.74, 6) is 0.818. The molecule has 0 bridgehead atoms. The summed E-state index contributed by atoms with van der Waals surface area (Å²) in [5.41, 5.74) is 7.07. The molecule has 88 valence electrons. The molecule has 1 aromatic rings. The van der Waals surface area contributed by atoms with E-state index in [1.807, 2.05) is 12.1 Å². The van der Waals surface area contributed by atoms with Crippen LogP contribution in [0.5, 0.6) is 11.5 Å². The molecule has 1 aliphatic rings. The number of rotatable bonds is 5. The van der Waals surface area contributed by atoms with Crippen molar-refractivity contribution in [3.8, 4) is 11.5 Å². The fourth-order valence-corrected chi connectivity index (χ4v) is 1.98. The minimum absolute atomic E-state index is 0.106. The lowest BCUT2D eigenvalue weighted by Crippen LogP contribution is -2.21. The van der Waals surface area contributed by atoms with Gasteiger partial charge in [0, 0.05) is 5.54 Å². The Morgan fingerprint density at radius 3 is 2.81 bits per heavy atom. The Hall–Kier alpha value is -1.22. The molecule has 1 aliphatic carbocycles. The number of hydrogen-bond acceptors (Lipinski definition) is 3. The summed E-state index contributed by atoms with van der Waals surface area (Å²) in [6.45, 7) is 0. The monoisotopic (exact) mass is 221 g/mol. The first kappa shape index (κ1) is 11.3. The van der Waals surface area contributed by atoms with Crippen LogP contribution in [-0.2, 0) is 6.42 Å². The smallest absolute Gasteiger partial charge is 0.160 e. The zero-order valence-electron chi connectivity index (χ0n) is 9.70. The third kappa shape index (κ3) is 2.47. The van der Waals surface area contributed by atoms with Gasteiger partial charge in [-0.1, -0.05) is 12.1 Å². The standard InChI is InChI=1S/C13H19NO2/c1-16-11-6-2-4-10(12(11)15)5-3-7-13(14)8-9-13/h2,4,6,15H,3,5,7-9,14H2,1H3. The SMILES string of the molecule is COc1cccc(CCCC2(N)CC2)c1O. The average molecular weight is 221 g/mol. The Kier molecular flexibility index (Phi) is 3.06. The maximum Gasteiger partial charge on any atom is 0.160 e. The van der Waals surface area contributed by atoms with E-state index >= 15 is 0 Å². The number of methoxy groups -OCH3 is 1. The number of hydrogen-bond donors (Lipinski definition) is 2. The molecule has 0 radical (unpaired) electrons. The number of phenolic OH excluding ortho intramolecular Hbond substituents is 1. The molecule has 1 saturated carbocycles. The van der Waals surface area contributed by atoms with E-state index in [2.05, 4.69) is 0 Å². The van der Waals surface area contributed by atoms with Gasteiger partial charge in [-0.25, -0.2) is 0 Å². The summed E-state index contributed by atoms with van der Waals surface area (Å²) >= 11 is 0. The predicted molar refractivity (Wildman–Crippen MR) is 63.7 cm³/mol. The molecule has 2 rings (SSSR count). The molecule has 1 fully saturated rings. The Labute approximate surface area is 96.2 Å². The van der Waals surface area contributed by atoms with Crippen LogP contribution in [0.2, 0.25) is 0 Å². The number of phenols is 1. The summed E-state index contributed by atoms with van der Waals surface area (Å²) < 4.78 is 5.07. The van der Waals surface area contributed by atoms with Crippen molar-refractivity contribution in [1.29, 1.82) is 0 Å². The van der Waals surface area contributed by atoms with Gasteiger partial charge in [0.25, 0.3) is 0 Å². The first-order valence-electron chi connectivity index (χ1n) is 5.78. The van der Waals surface area contributed by atoms with Crippen molar-refractivity contribution in [3.05, 3.63) is 23.8 Å². The number of aryl methyl sites for hydroxylation is 1. The van der Waals surface area contributed by atoms with Gasteiger partial charge in [0.15, 0.2) is 11.5 Å². The fraction of sp³-hybridized carbons (Fsp3) is 0.538. The molecule has 16 heavy (non-hydrogen) atoms. The van der Waals surface area contributed by atoms with Gasteiger partial charge >= 0.3 is 0 Å². The largest absolute Gasteiger partial charge is 0.504 e. The lowest BCUT2D eigenvalue weighted by atomic mass is 10.0. The third-order valence-electron chi connectivity index (χ3n) is 3.32. The van der Waals surface area contributed by atoms with E-state index in [1.165, 1.54) is 0 Å². The van der Waals surface area contributed by atoms with E-state index in [0.717, 1.165) is 37.7 Å². The maximum atomic E-state index is 9.88. The third-order valence-corrected chi connectivity index (χ3v) is 3.32. The molecule has 3 nitrogen and oxygen atoms in total. The van der Waals surface area contributed by atoms with Gasteiger partial charge in [-0.05, 0) is 43.7 Å². The van der Waals surface area contributed by atoms with E-state index in [-0.39, 0.29) is 11.3 Å². The number of aromatic hydroxyl groups is 1. The Bertz CT molecular complexity index is 372. The van der Waals surface area contributed by atoms with Crippen LogP contribution in [0.4, 0.5) is 0 Å². The van der Waals surface area contributed by atoms with Gasteiger partial charge < -0.3 is 15.6 Å². The van der Waals surface area contributed by atoms with Crippen LogP contribution in [0.1, 0.15) is 31.2 Å². The van der Waals surface area contributed by atoms with E-state index < -0.39 is 0 Å². The van der Waals surface area contributed by atoms with Crippen molar-refractivity contribution in [3.63, 3.8) is 0 Å². The lowest BCUT2D eigenvalue weighted by molar-refractivity contribution is 0.370. The van der Waals surface area contributed by atoms with Crippen LogP contribution >= 0.6 is 0 Å². The zero-order valence-corrected chi connectivity index (χ0v) is 9.70. The van der Waals surface area contributed by atoms with E-state index in [9.17, 15) is 5.11 Å². The lowest BCUT2D eigenvalue weighted by Gasteiger charge is -2.10. The molecule has 0 aliphatic heterocycles. The molecular formula is C13H19NO2. The van der Waals surface area contributed by atoms with Gasteiger partial charge in [0.2, 0.25) is 0 Å². The highest BCUT2D eigenvalue weighted by Gasteiger charge is 2.37. The molecular weight excluding hydrogens is 202 g/mol. The molecule has 3 heteroatoms. The Balaban J connectivity index is 1.93. The van der Waals surface area contributed by atoms with Crippen LogP contribution in [0.25, 0.3) is 0 Å². The topological polar surface area (TPSA) is 55.5 Å². The van der Waals surface area contributed by atoms with Crippen molar-refractivity contribution in [2.75, 3.05) is 7.11 Å². The molecule has 0 amide bonds. The number of ether oxygens (including phenoxy) is 1. The number of nitrogens with two attached hydrogens (primary N) is 1. The number of para-hydroxylation sites is 1. The summed E-state index contributed by atoms with van der Waals surface area (Å²) in [5, 5.41) is 9.88. The predicted octanol–water partition coefficient (Wildman–Crippen LogP) is 2.21. The Morgan fingerprint density at radius 1 is 1.44 bits per heavy atom. The molecule has 1 aromatic carbocycles. The summed E-state index contributed by atoms with van der Waals surface area (Å²) in [7, 11) is 1.57. The van der Waals surface area contributed by atoms with Crippen LogP contribution in [0.15, 0.2) is 18.2 Å². The van der Waals surface area contributed by atoms with Gasteiger partial charge in [0.1, 0.15) is 0 Å². The molecule has 0 aromatic heterocycles. The van der Waals surface area contributed by atoms with Gasteiger partial charge in [-0.3, -0.25) is 0 Å². The van der Waals surface area contributed by atoms with Crippen LogP contribution in [0, 0.1) is 0 Å². The minimum atomic E-state index is 0.106. The molecule has 0 atom stereocenters. The van der Waals surface area contributed by atoms with Crippen molar-refractivity contribution < 1.29 is 9.84 Å². The first-order chi connectivity index (χ1) is 7.64. The highest BCUT2D eigenvalue weighted by Crippen LogP contribution is 2.37. The zero-order chi connectivity index (χ0) is 11.6. The molecule has 0 heterocycles. The van der Waals surface area contributed by atoms with Crippen molar-refractivity contribution in [2.45, 2.75) is 37.6 Å². The van der Waals surface area contributed by atoms with E-state index in [4.69, 9.17) is 10.5 Å². The molecule has 3 N–H and O–H groups in total. The Morgan fingerprint density at radius 2 is 2.19 bits per heavy atom. The second kappa shape index (κ2) is 4.34. The van der Waals surface area contributed by atoms with Gasteiger partial charge in [-0.2, -0.15) is 0 Å². The highest BCUT2D eigenvalue weighted by atomic mass is 16.5. The van der Waals surface area contributed by atoms with Gasteiger partial charge in [0.05, 0.1) is 7.11 Å². The second-order valence-corrected chi connectivity index (χ2v) is 4.68.